The number of carbonyl (C=O) groups is 2. The Morgan fingerprint density at radius 3 is 2.06 bits per heavy atom. The number of nitrogens with zero attached hydrogens (tertiary/aromatic N) is 1. The van der Waals surface area contributed by atoms with Crippen molar-refractivity contribution in [3.63, 3.8) is 0 Å². The highest BCUT2D eigenvalue weighted by Crippen LogP contribution is 2.27. The highest BCUT2D eigenvalue weighted by molar-refractivity contribution is 6.04. The number of hydrogen-bond donors (Lipinski definition) is 1. The molecule has 1 aromatic rings. The Morgan fingerprint density at radius 1 is 1.11 bits per heavy atom. The van der Waals surface area contributed by atoms with E-state index in [9.17, 15) is 9.59 Å². The lowest BCUT2D eigenvalue weighted by molar-refractivity contribution is -0.121. The van der Waals surface area contributed by atoms with Gasteiger partial charge in [-0.15, -0.1) is 0 Å². The van der Waals surface area contributed by atoms with Crippen LogP contribution in [0.4, 0.5) is 4.79 Å². The van der Waals surface area contributed by atoms with Gasteiger partial charge in [0.25, 0.3) is 5.91 Å². The van der Waals surface area contributed by atoms with E-state index in [0.717, 1.165) is 5.56 Å². The number of likely N-dealkylation sites (N-methyl/N-ethyl adjacent to an activating group) is 1. The van der Waals surface area contributed by atoms with Crippen molar-refractivity contribution in [2.75, 3.05) is 7.05 Å². The standard InChI is InChI=1S/C14H18N2O2/c1-14(2,3)10-7-5-9(6-8-10)11-12(17)15-13(18)16(11)4/h5-8,11H,1-4H3,(H,15,17,18). The smallest absolute Gasteiger partial charge is 0.311 e. The molecule has 1 fully saturated rings. The van der Waals surface area contributed by atoms with Gasteiger partial charge in [-0.25, -0.2) is 4.79 Å². The van der Waals surface area contributed by atoms with Crippen molar-refractivity contribution < 1.29 is 9.59 Å². The van der Waals surface area contributed by atoms with E-state index in [1.807, 2.05) is 24.3 Å². The molecule has 1 aromatic carbocycles. The zero-order valence-corrected chi connectivity index (χ0v) is 11.2. The fraction of sp³-hybridized carbons (Fsp3) is 0.429. The molecule has 0 radical (unpaired) electrons. The summed E-state index contributed by atoms with van der Waals surface area (Å²) in [5.74, 6) is -0.258. The molecule has 4 heteroatoms. The van der Waals surface area contributed by atoms with Crippen molar-refractivity contribution in [3.05, 3.63) is 35.4 Å². The summed E-state index contributed by atoms with van der Waals surface area (Å²) in [6.07, 6.45) is 0. The molecule has 1 heterocycles. The lowest BCUT2D eigenvalue weighted by atomic mass is 9.86. The third-order valence-corrected chi connectivity index (χ3v) is 3.28. The van der Waals surface area contributed by atoms with E-state index in [1.165, 1.54) is 10.5 Å². The first kappa shape index (κ1) is 12.6. The summed E-state index contributed by atoms with van der Waals surface area (Å²) in [6, 6.07) is 7.01. The Hall–Kier alpha value is -1.84. The zero-order chi connectivity index (χ0) is 13.5. The van der Waals surface area contributed by atoms with Crippen molar-refractivity contribution >= 4 is 11.9 Å². The van der Waals surface area contributed by atoms with Gasteiger partial charge < -0.3 is 4.90 Å². The van der Waals surface area contributed by atoms with Gasteiger partial charge in [-0.3, -0.25) is 10.1 Å². The average Bonchev–Trinajstić information content (AvgIpc) is 2.52. The Kier molecular flexibility index (Phi) is 2.89. The Bertz CT molecular complexity index is 486. The molecular weight excluding hydrogens is 228 g/mol. The van der Waals surface area contributed by atoms with Crippen LogP contribution in [0.3, 0.4) is 0 Å². The molecule has 0 bridgehead atoms. The Morgan fingerprint density at radius 2 is 1.67 bits per heavy atom. The number of carbonyl (C=O) groups excluding carboxylic acids is 2. The molecule has 1 aliphatic rings. The molecule has 1 saturated heterocycles. The molecule has 0 saturated carbocycles. The second-order valence-corrected chi connectivity index (χ2v) is 5.68. The van der Waals surface area contributed by atoms with Gasteiger partial charge >= 0.3 is 6.03 Å². The van der Waals surface area contributed by atoms with E-state index in [-0.39, 0.29) is 17.4 Å². The number of nitrogens with one attached hydrogen (secondary N) is 1. The second-order valence-electron chi connectivity index (χ2n) is 5.68. The molecule has 96 valence electrons. The molecule has 0 spiro atoms. The predicted octanol–water partition coefficient (Wildman–Crippen LogP) is 2.21. The number of urea groups is 1. The maximum atomic E-state index is 11.7. The van der Waals surface area contributed by atoms with Crippen LogP contribution < -0.4 is 5.32 Å². The first-order valence-corrected chi connectivity index (χ1v) is 5.99. The number of rotatable bonds is 1. The second kappa shape index (κ2) is 4.12. The minimum absolute atomic E-state index is 0.0815. The van der Waals surface area contributed by atoms with E-state index in [4.69, 9.17) is 0 Å². The first-order chi connectivity index (χ1) is 8.30. The van der Waals surface area contributed by atoms with Crippen LogP contribution in [0.2, 0.25) is 0 Å². The van der Waals surface area contributed by atoms with E-state index in [2.05, 4.69) is 26.1 Å². The molecule has 3 amide bonds. The highest BCUT2D eigenvalue weighted by atomic mass is 16.2. The normalized spacial score (nSPS) is 20.2. The molecule has 1 unspecified atom stereocenters. The predicted molar refractivity (Wildman–Crippen MR) is 69.2 cm³/mol. The minimum Gasteiger partial charge on any atom is -0.311 e. The van der Waals surface area contributed by atoms with Gasteiger partial charge in [0.1, 0.15) is 6.04 Å². The number of hydrogen-bond acceptors (Lipinski definition) is 2. The molecule has 0 aromatic heterocycles. The summed E-state index contributed by atoms with van der Waals surface area (Å²) < 4.78 is 0. The van der Waals surface area contributed by atoms with Crippen LogP contribution in [0.25, 0.3) is 0 Å². The molecular formula is C14H18N2O2. The third kappa shape index (κ3) is 2.10. The van der Waals surface area contributed by atoms with Crippen molar-refractivity contribution in [2.45, 2.75) is 32.2 Å². The summed E-state index contributed by atoms with van der Waals surface area (Å²) in [7, 11) is 1.63. The quantitative estimate of drug-likeness (QED) is 0.772. The SMILES string of the molecule is CN1C(=O)NC(=O)C1c1ccc(C(C)(C)C)cc1. The van der Waals surface area contributed by atoms with Crippen LogP contribution in [0, 0.1) is 0 Å². The van der Waals surface area contributed by atoms with Crippen LogP contribution in [0.15, 0.2) is 24.3 Å². The number of imide groups is 1. The van der Waals surface area contributed by atoms with E-state index >= 15 is 0 Å². The zero-order valence-electron chi connectivity index (χ0n) is 11.2. The number of amides is 3. The number of benzene rings is 1. The van der Waals surface area contributed by atoms with Crippen molar-refractivity contribution in [3.8, 4) is 0 Å². The van der Waals surface area contributed by atoms with E-state index in [0.29, 0.717) is 0 Å². The molecule has 1 atom stereocenters. The average molecular weight is 246 g/mol. The third-order valence-electron chi connectivity index (χ3n) is 3.28. The first-order valence-electron chi connectivity index (χ1n) is 5.99. The van der Waals surface area contributed by atoms with E-state index in [1.54, 1.807) is 7.05 Å². The lowest BCUT2D eigenvalue weighted by Gasteiger charge is -2.21. The largest absolute Gasteiger partial charge is 0.324 e. The van der Waals surface area contributed by atoms with Gasteiger partial charge in [0.2, 0.25) is 0 Å². The van der Waals surface area contributed by atoms with Crippen LogP contribution in [0.5, 0.6) is 0 Å². The minimum atomic E-state index is -0.508. The fourth-order valence-corrected chi connectivity index (χ4v) is 2.10. The lowest BCUT2D eigenvalue weighted by Crippen LogP contribution is -2.25. The summed E-state index contributed by atoms with van der Waals surface area (Å²) in [4.78, 5) is 24.5. The molecule has 2 rings (SSSR count). The maximum Gasteiger partial charge on any atom is 0.324 e. The van der Waals surface area contributed by atoms with Crippen molar-refractivity contribution in [2.24, 2.45) is 0 Å². The van der Waals surface area contributed by atoms with Crippen LogP contribution in [-0.2, 0) is 10.2 Å². The van der Waals surface area contributed by atoms with Crippen LogP contribution in [-0.4, -0.2) is 23.9 Å². The molecule has 0 aliphatic carbocycles. The highest BCUT2D eigenvalue weighted by Gasteiger charge is 2.36. The van der Waals surface area contributed by atoms with Gasteiger partial charge in [0.05, 0.1) is 0 Å². The maximum absolute atomic E-state index is 11.7. The van der Waals surface area contributed by atoms with Gasteiger partial charge in [0.15, 0.2) is 0 Å². The summed E-state index contributed by atoms with van der Waals surface area (Å²) >= 11 is 0. The van der Waals surface area contributed by atoms with E-state index < -0.39 is 6.04 Å². The molecule has 18 heavy (non-hydrogen) atoms. The van der Waals surface area contributed by atoms with Crippen molar-refractivity contribution in [1.29, 1.82) is 0 Å². The summed E-state index contributed by atoms with van der Waals surface area (Å²) in [6.45, 7) is 6.42. The molecule has 1 aliphatic heterocycles. The molecule has 4 nitrogen and oxygen atoms in total. The van der Waals surface area contributed by atoms with Crippen LogP contribution >= 0.6 is 0 Å². The topological polar surface area (TPSA) is 49.4 Å². The summed E-state index contributed by atoms with van der Waals surface area (Å²) in [5.41, 5.74) is 2.13. The van der Waals surface area contributed by atoms with Gasteiger partial charge in [0, 0.05) is 7.05 Å². The molecule has 1 N–H and O–H groups in total. The summed E-state index contributed by atoms with van der Waals surface area (Å²) in [5, 5.41) is 2.31. The van der Waals surface area contributed by atoms with Gasteiger partial charge in [-0.05, 0) is 16.5 Å². The van der Waals surface area contributed by atoms with Gasteiger partial charge in [-0.1, -0.05) is 45.0 Å². The Labute approximate surface area is 107 Å². The van der Waals surface area contributed by atoms with Gasteiger partial charge in [-0.2, -0.15) is 0 Å². The van der Waals surface area contributed by atoms with Crippen LogP contribution in [0.1, 0.15) is 37.9 Å². The Balaban J connectivity index is 2.30. The fourth-order valence-electron chi connectivity index (χ4n) is 2.10. The van der Waals surface area contributed by atoms with Crippen molar-refractivity contribution in [1.82, 2.24) is 10.2 Å². The monoisotopic (exact) mass is 246 g/mol.